The lowest BCUT2D eigenvalue weighted by molar-refractivity contribution is 0.191. The second kappa shape index (κ2) is 8.32. The summed E-state index contributed by atoms with van der Waals surface area (Å²) < 4.78 is 11.8. The van der Waals surface area contributed by atoms with Crippen molar-refractivity contribution in [1.82, 2.24) is 9.88 Å². The second-order valence-corrected chi connectivity index (χ2v) is 8.81. The van der Waals surface area contributed by atoms with Crippen LogP contribution < -0.4 is 9.47 Å². The summed E-state index contributed by atoms with van der Waals surface area (Å²) in [6.07, 6.45) is 5.95. The minimum atomic E-state index is 0.364. The lowest BCUT2D eigenvalue weighted by Crippen LogP contribution is -2.32. The van der Waals surface area contributed by atoms with Crippen LogP contribution in [0.3, 0.4) is 0 Å². The van der Waals surface area contributed by atoms with Crippen LogP contribution in [0.25, 0.3) is 0 Å². The molecule has 1 atom stereocenters. The number of hydrogen-bond donors (Lipinski definition) is 0. The summed E-state index contributed by atoms with van der Waals surface area (Å²) in [4.78, 5) is 8.07. The van der Waals surface area contributed by atoms with E-state index < -0.39 is 0 Å². The van der Waals surface area contributed by atoms with Crippen LogP contribution in [0, 0.1) is 0 Å². The molecule has 30 heavy (non-hydrogen) atoms. The molecule has 0 saturated carbocycles. The number of hydrogen-bond acceptors (Lipinski definition) is 5. The van der Waals surface area contributed by atoms with E-state index in [0.29, 0.717) is 11.9 Å². The van der Waals surface area contributed by atoms with Crippen LogP contribution in [-0.4, -0.2) is 29.3 Å². The SMILES string of the molecule is CSc1ccc(Oc2ccc3c(c2)CCN(C(C)c2ccc4c(c2)OCC4)C3)nc1. The maximum atomic E-state index is 5.98. The van der Waals surface area contributed by atoms with E-state index in [0.717, 1.165) is 48.9 Å². The third kappa shape index (κ3) is 3.92. The smallest absolute Gasteiger partial charge is 0.219 e. The Labute approximate surface area is 182 Å². The summed E-state index contributed by atoms with van der Waals surface area (Å²) in [6.45, 7) is 5.10. The van der Waals surface area contributed by atoms with Gasteiger partial charge >= 0.3 is 0 Å². The third-order valence-electron chi connectivity index (χ3n) is 6.14. The maximum Gasteiger partial charge on any atom is 0.219 e. The van der Waals surface area contributed by atoms with Gasteiger partial charge in [0.05, 0.1) is 6.61 Å². The molecule has 0 bridgehead atoms. The van der Waals surface area contributed by atoms with Crippen molar-refractivity contribution in [3.8, 4) is 17.4 Å². The minimum Gasteiger partial charge on any atom is -0.493 e. The fourth-order valence-corrected chi connectivity index (χ4v) is 4.63. The molecule has 5 rings (SSSR count). The Morgan fingerprint density at radius 3 is 2.77 bits per heavy atom. The number of pyridine rings is 1. The van der Waals surface area contributed by atoms with Crippen molar-refractivity contribution in [3.63, 3.8) is 0 Å². The van der Waals surface area contributed by atoms with E-state index in [9.17, 15) is 0 Å². The van der Waals surface area contributed by atoms with Gasteiger partial charge in [0.1, 0.15) is 11.5 Å². The van der Waals surface area contributed by atoms with Crippen LogP contribution in [-0.2, 0) is 19.4 Å². The first-order valence-corrected chi connectivity index (χ1v) is 11.7. The number of fused-ring (bicyclic) bond motifs is 2. The van der Waals surface area contributed by atoms with E-state index in [1.54, 1.807) is 11.8 Å². The van der Waals surface area contributed by atoms with Gasteiger partial charge in [-0.1, -0.05) is 18.2 Å². The topological polar surface area (TPSA) is 34.6 Å². The zero-order valence-corrected chi connectivity index (χ0v) is 18.2. The molecule has 4 nitrogen and oxygen atoms in total. The second-order valence-electron chi connectivity index (χ2n) is 7.93. The summed E-state index contributed by atoms with van der Waals surface area (Å²) >= 11 is 1.68. The molecule has 0 aliphatic carbocycles. The van der Waals surface area contributed by atoms with E-state index in [-0.39, 0.29) is 0 Å². The Morgan fingerprint density at radius 1 is 1.03 bits per heavy atom. The van der Waals surface area contributed by atoms with Gasteiger partial charge in [-0.3, -0.25) is 4.90 Å². The van der Waals surface area contributed by atoms with Crippen molar-refractivity contribution in [1.29, 1.82) is 0 Å². The molecular formula is C25H26N2O2S. The number of nitrogens with zero attached hydrogens (tertiary/aromatic N) is 2. The van der Waals surface area contributed by atoms with Gasteiger partial charge in [0, 0.05) is 42.7 Å². The largest absolute Gasteiger partial charge is 0.493 e. The van der Waals surface area contributed by atoms with E-state index in [4.69, 9.17) is 9.47 Å². The van der Waals surface area contributed by atoms with Crippen LogP contribution in [0.4, 0.5) is 0 Å². The summed E-state index contributed by atoms with van der Waals surface area (Å²) in [6, 6.07) is 17.5. The fraction of sp³-hybridized carbons (Fsp3) is 0.320. The van der Waals surface area contributed by atoms with Crippen molar-refractivity contribution in [2.24, 2.45) is 0 Å². The molecule has 0 amide bonds. The molecule has 3 heterocycles. The van der Waals surface area contributed by atoms with Crippen LogP contribution in [0.2, 0.25) is 0 Å². The monoisotopic (exact) mass is 418 g/mol. The van der Waals surface area contributed by atoms with Gasteiger partial charge in [-0.05, 0) is 66.1 Å². The Hall–Kier alpha value is -2.50. The van der Waals surface area contributed by atoms with E-state index in [1.165, 1.54) is 22.3 Å². The molecule has 0 radical (unpaired) electrons. The zero-order valence-electron chi connectivity index (χ0n) is 17.4. The molecule has 0 saturated heterocycles. The van der Waals surface area contributed by atoms with E-state index in [2.05, 4.69) is 53.2 Å². The van der Waals surface area contributed by atoms with Crippen LogP contribution in [0.5, 0.6) is 17.4 Å². The Bertz CT molecular complexity index is 1050. The average molecular weight is 419 g/mol. The number of rotatable bonds is 5. The molecule has 2 aliphatic rings. The number of aromatic nitrogens is 1. The molecule has 2 aliphatic heterocycles. The number of benzene rings is 2. The summed E-state index contributed by atoms with van der Waals surface area (Å²) in [5.41, 5.74) is 5.41. The number of thioether (sulfide) groups is 1. The lowest BCUT2D eigenvalue weighted by atomic mass is 9.96. The first kappa shape index (κ1) is 19.5. The Morgan fingerprint density at radius 2 is 1.93 bits per heavy atom. The molecule has 1 aromatic heterocycles. The molecular weight excluding hydrogens is 392 g/mol. The predicted octanol–water partition coefficient (Wildman–Crippen LogP) is 5.65. The Balaban J connectivity index is 1.28. The third-order valence-corrected chi connectivity index (χ3v) is 6.85. The number of ether oxygens (including phenoxy) is 2. The van der Waals surface area contributed by atoms with Crippen LogP contribution >= 0.6 is 11.8 Å². The molecule has 5 heteroatoms. The molecule has 0 N–H and O–H groups in total. The van der Waals surface area contributed by atoms with Crippen molar-refractivity contribution in [3.05, 3.63) is 77.0 Å². The summed E-state index contributed by atoms with van der Waals surface area (Å²) in [7, 11) is 0. The Kier molecular flexibility index (Phi) is 5.40. The summed E-state index contributed by atoms with van der Waals surface area (Å²) in [5, 5.41) is 0. The molecule has 3 aromatic rings. The first-order valence-electron chi connectivity index (χ1n) is 10.5. The molecule has 0 spiro atoms. The normalized spacial score (nSPS) is 16.5. The maximum absolute atomic E-state index is 5.98. The van der Waals surface area contributed by atoms with E-state index in [1.807, 2.05) is 24.6 Å². The molecule has 154 valence electrons. The van der Waals surface area contributed by atoms with Gasteiger partial charge < -0.3 is 9.47 Å². The van der Waals surface area contributed by atoms with Crippen molar-refractivity contribution in [2.75, 3.05) is 19.4 Å². The van der Waals surface area contributed by atoms with Gasteiger partial charge in [0.25, 0.3) is 0 Å². The van der Waals surface area contributed by atoms with Crippen molar-refractivity contribution >= 4 is 11.8 Å². The molecule has 0 fully saturated rings. The highest BCUT2D eigenvalue weighted by molar-refractivity contribution is 7.98. The van der Waals surface area contributed by atoms with Gasteiger partial charge in [0.2, 0.25) is 5.88 Å². The minimum absolute atomic E-state index is 0.364. The van der Waals surface area contributed by atoms with Crippen LogP contribution in [0.1, 0.15) is 35.2 Å². The highest BCUT2D eigenvalue weighted by atomic mass is 32.2. The standard InChI is InChI=1S/C25H26N2O2S/c1-17(19-4-3-18-10-12-28-24(18)14-19)27-11-9-20-13-22(6-5-21(20)16-27)29-25-8-7-23(30-2)15-26-25/h3-8,13-15,17H,9-12,16H2,1-2H3. The van der Waals surface area contributed by atoms with Gasteiger partial charge in [-0.15, -0.1) is 11.8 Å². The fourth-order valence-electron chi connectivity index (χ4n) is 4.27. The van der Waals surface area contributed by atoms with Gasteiger partial charge in [0.15, 0.2) is 0 Å². The highest BCUT2D eigenvalue weighted by Crippen LogP contribution is 2.34. The lowest BCUT2D eigenvalue weighted by Gasteiger charge is -2.34. The van der Waals surface area contributed by atoms with Gasteiger partial charge in [-0.2, -0.15) is 0 Å². The van der Waals surface area contributed by atoms with Gasteiger partial charge in [-0.25, -0.2) is 4.98 Å². The predicted molar refractivity (Wildman–Crippen MR) is 121 cm³/mol. The zero-order chi connectivity index (χ0) is 20.5. The first-order chi connectivity index (χ1) is 14.7. The van der Waals surface area contributed by atoms with Crippen LogP contribution in [0.15, 0.2) is 59.6 Å². The van der Waals surface area contributed by atoms with Crippen molar-refractivity contribution < 1.29 is 9.47 Å². The van der Waals surface area contributed by atoms with Crippen molar-refractivity contribution in [2.45, 2.75) is 37.2 Å². The molecule has 1 unspecified atom stereocenters. The van der Waals surface area contributed by atoms with E-state index >= 15 is 0 Å². The average Bonchev–Trinajstić information content (AvgIpc) is 3.27. The quantitative estimate of drug-likeness (QED) is 0.500. The summed E-state index contributed by atoms with van der Waals surface area (Å²) in [5.74, 6) is 2.56. The highest BCUT2D eigenvalue weighted by Gasteiger charge is 2.23. The molecule has 2 aromatic carbocycles.